The number of aliphatic hydroxyl groups excluding tert-OH is 1. The molecule has 0 spiro atoms. The summed E-state index contributed by atoms with van der Waals surface area (Å²) in [6, 6.07) is 5.24. The molecule has 3 aromatic rings. The van der Waals surface area contributed by atoms with Crippen molar-refractivity contribution in [3.8, 4) is 0 Å². The first kappa shape index (κ1) is 16.9. The molecule has 0 aromatic carbocycles. The Kier molecular flexibility index (Phi) is 4.29. The molecule has 0 saturated heterocycles. The number of aryl methyl sites for hydroxylation is 2. The molecule has 26 heavy (non-hydrogen) atoms. The van der Waals surface area contributed by atoms with E-state index in [1.165, 1.54) is 0 Å². The molecule has 0 radical (unpaired) electrons. The van der Waals surface area contributed by atoms with E-state index in [2.05, 4.69) is 15.2 Å². The zero-order chi connectivity index (χ0) is 18.3. The standard InChI is InChI=1S/C17H19ClN6O2/c1-22-15(3-4-20-22)16(25)13-8-12-10-23(5-2-6-24(12)21-13)17(26)14-7-11(18)9-19-14/h3-4,7-9,16,19,25H,2,5-6,10H2,1H3/t16-/m0/s1. The van der Waals surface area contributed by atoms with Crippen molar-refractivity contribution in [2.75, 3.05) is 6.54 Å². The molecule has 0 aliphatic carbocycles. The number of carbonyl (C=O) groups excluding carboxylic acids is 1. The minimum absolute atomic E-state index is 0.0970. The van der Waals surface area contributed by atoms with Crippen LogP contribution in [-0.4, -0.2) is 47.0 Å². The monoisotopic (exact) mass is 374 g/mol. The lowest BCUT2D eigenvalue weighted by molar-refractivity contribution is 0.0740. The molecule has 2 N–H and O–H groups in total. The van der Waals surface area contributed by atoms with Crippen LogP contribution >= 0.6 is 11.6 Å². The van der Waals surface area contributed by atoms with Crippen molar-refractivity contribution in [1.29, 1.82) is 0 Å². The maximum absolute atomic E-state index is 12.7. The maximum Gasteiger partial charge on any atom is 0.270 e. The lowest BCUT2D eigenvalue weighted by atomic mass is 10.2. The summed E-state index contributed by atoms with van der Waals surface area (Å²) in [6.07, 6.45) is 3.17. The number of aromatic amines is 1. The lowest BCUT2D eigenvalue weighted by Crippen LogP contribution is -2.30. The van der Waals surface area contributed by atoms with Crippen LogP contribution in [0.25, 0.3) is 0 Å². The highest BCUT2D eigenvalue weighted by atomic mass is 35.5. The van der Waals surface area contributed by atoms with E-state index in [1.807, 2.05) is 10.7 Å². The number of H-pyrrole nitrogens is 1. The summed E-state index contributed by atoms with van der Waals surface area (Å²) in [6.45, 7) is 1.77. The molecule has 8 nitrogen and oxygen atoms in total. The van der Waals surface area contributed by atoms with Gasteiger partial charge in [-0.1, -0.05) is 11.6 Å². The predicted octanol–water partition coefficient (Wildman–Crippen LogP) is 1.73. The minimum atomic E-state index is -0.853. The van der Waals surface area contributed by atoms with E-state index in [0.29, 0.717) is 41.7 Å². The smallest absolute Gasteiger partial charge is 0.270 e. The summed E-state index contributed by atoms with van der Waals surface area (Å²) >= 11 is 5.91. The number of aliphatic hydroxyl groups is 1. The van der Waals surface area contributed by atoms with Crippen LogP contribution in [-0.2, 0) is 20.1 Å². The SMILES string of the molecule is Cn1nccc1[C@@H](O)c1cc2n(n1)CCCN(C(=O)c1cc(Cl)c[nH]1)C2. The molecule has 4 rings (SSSR count). The maximum atomic E-state index is 12.7. The van der Waals surface area contributed by atoms with E-state index in [-0.39, 0.29) is 5.91 Å². The van der Waals surface area contributed by atoms with Crippen LogP contribution in [0, 0.1) is 0 Å². The number of fused-ring (bicyclic) bond motifs is 1. The van der Waals surface area contributed by atoms with Crippen molar-refractivity contribution in [2.24, 2.45) is 7.05 Å². The van der Waals surface area contributed by atoms with Crippen LogP contribution in [0.1, 0.15) is 40.1 Å². The highest BCUT2D eigenvalue weighted by Gasteiger charge is 2.25. The molecule has 1 aliphatic rings. The van der Waals surface area contributed by atoms with Crippen LogP contribution in [0.3, 0.4) is 0 Å². The summed E-state index contributed by atoms with van der Waals surface area (Å²) in [7, 11) is 1.78. The van der Waals surface area contributed by atoms with E-state index >= 15 is 0 Å². The van der Waals surface area contributed by atoms with E-state index in [9.17, 15) is 9.90 Å². The van der Waals surface area contributed by atoms with E-state index in [4.69, 9.17) is 11.6 Å². The Labute approximate surface area is 155 Å². The molecular formula is C17H19ClN6O2. The molecule has 136 valence electrons. The number of aromatic nitrogens is 5. The van der Waals surface area contributed by atoms with Gasteiger partial charge in [0.25, 0.3) is 5.91 Å². The summed E-state index contributed by atoms with van der Waals surface area (Å²) in [5.41, 5.74) is 2.59. The molecule has 0 saturated carbocycles. The van der Waals surface area contributed by atoms with Crippen LogP contribution in [0.5, 0.6) is 0 Å². The number of amides is 1. The second-order valence-electron chi connectivity index (χ2n) is 6.38. The average molecular weight is 375 g/mol. The van der Waals surface area contributed by atoms with Crippen molar-refractivity contribution in [1.82, 2.24) is 29.4 Å². The largest absolute Gasteiger partial charge is 0.380 e. The van der Waals surface area contributed by atoms with Gasteiger partial charge in [-0.15, -0.1) is 0 Å². The molecule has 4 heterocycles. The Morgan fingerprint density at radius 3 is 2.92 bits per heavy atom. The summed E-state index contributed by atoms with van der Waals surface area (Å²) in [5.74, 6) is -0.0970. The number of rotatable bonds is 3. The second kappa shape index (κ2) is 6.62. The first-order valence-corrected chi connectivity index (χ1v) is 8.76. The van der Waals surface area contributed by atoms with Gasteiger partial charge in [-0.05, 0) is 24.6 Å². The number of nitrogens with one attached hydrogen (secondary N) is 1. The predicted molar refractivity (Wildman–Crippen MR) is 94.7 cm³/mol. The quantitative estimate of drug-likeness (QED) is 0.730. The number of carbonyl (C=O) groups is 1. The van der Waals surface area contributed by atoms with Crippen LogP contribution in [0.2, 0.25) is 5.02 Å². The zero-order valence-corrected chi connectivity index (χ0v) is 15.0. The third-order valence-corrected chi connectivity index (χ3v) is 4.84. The first-order chi connectivity index (χ1) is 12.5. The van der Waals surface area contributed by atoms with Crippen molar-refractivity contribution in [3.63, 3.8) is 0 Å². The average Bonchev–Trinajstić information content (AvgIpc) is 3.31. The van der Waals surface area contributed by atoms with Gasteiger partial charge in [0.2, 0.25) is 0 Å². The van der Waals surface area contributed by atoms with Crippen molar-refractivity contribution >= 4 is 17.5 Å². The molecule has 1 amide bonds. The van der Waals surface area contributed by atoms with Gasteiger partial charge < -0.3 is 15.0 Å². The van der Waals surface area contributed by atoms with Crippen LogP contribution < -0.4 is 0 Å². The molecule has 1 aliphatic heterocycles. The lowest BCUT2D eigenvalue weighted by Gasteiger charge is -2.19. The fraction of sp³-hybridized carbons (Fsp3) is 0.353. The topological polar surface area (TPSA) is 92.0 Å². The third kappa shape index (κ3) is 3.02. The number of nitrogens with zero attached hydrogens (tertiary/aromatic N) is 5. The Morgan fingerprint density at radius 1 is 1.38 bits per heavy atom. The van der Waals surface area contributed by atoms with Crippen molar-refractivity contribution in [2.45, 2.75) is 25.6 Å². The number of hydrogen-bond acceptors (Lipinski definition) is 4. The molecule has 9 heteroatoms. The zero-order valence-electron chi connectivity index (χ0n) is 14.3. The molecule has 3 aromatic heterocycles. The van der Waals surface area contributed by atoms with Crippen LogP contribution in [0.15, 0.2) is 30.6 Å². The Hall–Kier alpha value is -2.58. The fourth-order valence-electron chi connectivity index (χ4n) is 3.26. The highest BCUT2D eigenvalue weighted by Crippen LogP contribution is 2.24. The van der Waals surface area contributed by atoms with Crippen molar-refractivity contribution < 1.29 is 9.90 Å². The first-order valence-electron chi connectivity index (χ1n) is 8.38. The van der Waals surface area contributed by atoms with Gasteiger partial charge in [-0.25, -0.2) is 0 Å². The number of hydrogen-bond donors (Lipinski definition) is 2. The van der Waals surface area contributed by atoms with Gasteiger partial charge >= 0.3 is 0 Å². The van der Waals surface area contributed by atoms with Gasteiger partial charge in [-0.2, -0.15) is 10.2 Å². The van der Waals surface area contributed by atoms with E-state index in [0.717, 1.165) is 12.1 Å². The van der Waals surface area contributed by atoms with Gasteiger partial charge in [0.15, 0.2) is 0 Å². The Balaban J connectivity index is 1.58. The fourth-order valence-corrected chi connectivity index (χ4v) is 3.42. The minimum Gasteiger partial charge on any atom is -0.380 e. The van der Waals surface area contributed by atoms with E-state index in [1.54, 1.807) is 41.2 Å². The number of halogens is 1. The summed E-state index contributed by atoms with van der Waals surface area (Å²) in [5, 5.41) is 19.7. The molecule has 0 unspecified atom stereocenters. The Morgan fingerprint density at radius 2 is 2.23 bits per heavy atom. The van der Waals surface area contributed by atoms with Crippen molar-refractivity contribution in [3.05, 3.63) is 58.4 Å². The molecule has 0 bridgehead atoms. The second-order valence-corrected chi connectivity index (χ2v) is 6.81. The van der Waals surface area contributed by atoms with Gasteiger partial charge in [0.05, 0.1) is 28.6 Å². The van der Waals surface area contributed by atoms with Gasteiger partial charge in [-0.3, -0.25) is 14.2 Å². The Bertz CT molecular complexity index is 943. The highest BCUT2D eigenvalue weighted by molar-refractivity contribution is 6.30. The summed E-state index contributed by atoms with van der Waals surface area (Å²) < 4.78 is 3.49. The molecule has 0 fully saturated rings. The van der Waals surface area contributed by atoms with Gasteiger partial charge in [0, 0.05) is 32.5 Å². The van der Waals surface area contributed by atoms with Crippen LogP contribution in [0.4, 0.5) is 0 Å². The normalized spacial score (nSPS) is 15.6. The van der Waals surface area contributed by atoms with Gasteiger partial charge in [0.1, 0.15) is 11.8 Å². The summed E-state index contributed by atoms with van der Waals surface area (Å²) in [4.78, 5) is 17.4. The molecular weight excluding hydrogens is 356 g/mol. The third-order valence-electron chi connectivity index (χ3n) is 4.62. The van der Waals surface area contributed by atoms with E-state index < -0.39 is 6.10 Å². The molecule has 1 atom stereocenters.